The summed E-state index contributed by atoms with van der Waals surface area (Å²) in [7, 11) is 0. The molecule has 0 aliphatic carbocycles. The summed E-state index contributed by atoms with van der Waals surface area (Å²) < 4.78 is 6.67. The number of hydrogen-bond acceptors (Lipinski definition) is 8. The Bertz CT molecular complexity index is 769. The first-order chi connectivity index (χ1) is 9.81. The molecule has 1 aliphatic rings. The predicted octanol–water partition coefficient (Wildman–Crippen LogP) is 2.67. The highest BCUT2D eigenvalue weighted by Crippen LogP contribution is 2.37. The van der Waals surface area contributed by atoms with E-state index in [1.807, 2.05) is 5.38 Å². The maximum atomic E-state index is 5.69. The molecule has 0 aromatic carbocycles. The van der Waals surface area contributed by atoms with Crippen LogP contribution in [0.1, 0.15) is 11.8 Å². The number of rotatable bonds is 3. The molecular weight excluding hydrogens is 362 g/mol. The minimum absolute atomic E-state index is 0.343. The zero-order valence-electron chi connectivity index (χ0n) is 10.0. The van der Waals surface area contributed by atoms with E-state index in [2.05, 4.69) is 41.4 Å². The fraction of sp³-hybridized carbons (Fsp3) is 0.273. The summed E-state index contributed by atoms with van der Waals surface area (Å²) in [5.74, 6) is 1.04. The van der Waals surface area contributed by atoms with Crippen LogP contribution in [-0.2, 0) is 0 Å². The molecule has 4 heterocycles. The molecule has 9 heteroatoms. The molecule has 0 unspecified atom stereocenters. The Morgan fingerprint density at radius 2 is 2.25 bits per heavy atom. The lowest BCUT2D eigenvalue weighted by atomic mass is 10.0. The Morgan fingerprint density at radius 3 is 3.05 bits per heavy atom. The number of nitrogens with one attached hydrogen (secondary N) is 1. The van der Waals surface area contributed by atoms with Crippen molar-refractivity contribution in [2.45, 2.75) is 16.2 Å². The third-order valence-electron chi connectivity index (χ3n) is 3.03. The SMILES string of the molecule is Brc1csc2ncnc(Sc3nnc(C4CNC4)o3)c12. The van der Waals surface area contributed by atoms with Gasteiger partial charge in [-0.1, -0.05) is 0 Å². The van der Waals surface area contributed by atoms with Crippen molar-refractivity contribution in [2.75, 3.05) is 13.1 Å². The molecule has 102 valence electrons. The highest BCUT2D eigenvalue weighted by molar-refractivity contribution is 9.10. The predicted molar refractivity (Wildman–Crippen MR) is 79.1 cm³/mol. The normalized spacial score (nSPS) is 15.7. The quantitative estimate of drug-likeness (QED) is 0.711. The monoisotopic (exact) mass is 369 g/mol. The molecule has 1 aliphatic heterocycles. The molecule has 1 saturated heterocycles. The van der Waals surface area contributed by atoms with E-state index in [1.54, 1.807) is 17.7 Å². The molecule has 0 spiro atoms. The van der Waals surface area contributed by atoms with Gasteiger partial charge in [-0.2, -0.15) is 0 Å². The average molecular weight is 370 g/mol. The van der Waals surface area contributed by atoms with Crippen molar-refractivity contribution >= 4 is 49.2 Å². The van der Waals surface area contributed by atoms with E-state index in [9.17, 15) is 0 Å². The Labute approximate surface area is 130 Å². The summed E-state index contributed by atoms with van der Waals surface area (Å²) in [5.41, 5.74) is 0. The topological polar surface area (TPSA) is 76.7 Å². The Hall–Kier alpha value is -1.03. The first-order valence-electron chi connectivity index (χ1n) is 5.91. The molecule has 3 aromatic rings. The van der Waals surface area contributed by atoms with E-state index in [0.717, 1.165) is 32.8 Å². The van der Waals surface area contributed by atoms with Crippen LogP contribution in [0, 0.1) is 0 Å². The van der Waals surface area contributed by atoms with Crippen molar-refractivity contribution in [3.8, 4) is 0 Å². The number of nitrogens with zero attached hydrogens (tertiary/aromatic N) is 4. The van der Waals surface area contributed by atoms with Gasteiger partial charge in [-0.05, 0) is 27.7 Å². The van der Waals surface area contributed by atoms with Gasteiger partial charge in [-0.15, -0.1) is 21.5 Å². The van der Waals surface area contributed by atoms with Gasteiger partial charge in [0, 0.05) is 22.9 Å². The largest absolute Gasteiger partial charge is 0.415 e. The number of thiophene rings is 1. The van der Waals surface area contributed by atoms with Gasteiger partial charge < -0.3 is 9.73 Å². The van der Waals surface area contributed by atoms with Crippen LogP contribution in [0.2, 0.25) is 0 Å². The van der Waals surface area contributed by atoms with Gasteiger partial charge in [0.1, 0.15) is 16.2 Å². The maximum Gasteiger partial charge on any atom is 0.282 e. The lowest BCUT2D eigenvalue weighted by molar-refractivity contribution is 0.328. The second kappa shape index (κ2) is 5.06. The maximum absolute atomic E-state index is 5.69. The summed E-state index contributed by atoms with van der Waals surface area (Å²) in [6.07, 6.45) is 1.56. The van der Waals surface area contributed by atoms with Crippen LogP contribution >= 0.6 is 39.0 Å². The molecular formula is C11H8BrN5OS2. The van der Waals surface area contributed by atoms with Crippen molar-refractivity contribution in [1.29, 1.82) is 0 Å². The van der Waals surface area contributed by atoms with Crippen LogP contribution in [0.25, 0.3) is 10.2 Å². The molecule has 6 nitrogen and oxygen atoms in total. The molecule has 1 N–H and O–H groups in total. The van der Waals surface area contributed by atoms with Crippen molar-refractivity contribution in [3.63, 3.8) is 0 Å². The number of fused-ring (bicyclic) bond motifs is 1. The Balaban J connectivity index is 1.66. The van der Waals surface area contributed by atoms with Crippen molar-refractivity contribution in [2.24, 2.45) is 0 Å². The summed E-state index contributed by atoms with van der Waals surface area (Å²) in [5, 5.41) is 15.7. The fourth-order valence-electron chi connectivity index (χ4n) is 1.86. The van der Waals surface area contributed by atoms with Gasteiger partial charge in [-0.25, -0.2) is 9.97 Å². The average Bonchev–Trinajstić information content (AvgIpc) is 2.96. The fourth-order valence-corrected chi connectivity index (χ4v) is 4.40. The Kier molecular flexibility index (Phi) is 3.21. The third kappa shape index (κ3) is 2.14. The standard InChI is InChI=1S/C11H8BrN5OS2/c12-6-3-19-9-7(6)10(15-4-14-9)20-11-17-16-8(18-11)5-1-13-2-5/h3-5,13H,1-2H2. The third-order valence-corrected chi connectivity index (χ3v) is 5.68. The molecule has 0 amide bonds. The minimum Gasteiger partial charge on any atom is -0.415 e. The van der Waals surface area contributed by atoms with E-state index < -0.39 is 0 Å². The van der Waals surface area contributed by atoms with E-state index in [0.29, 0.717) is 17.0 Å². The number of aromatic nitrogens is 4. The lowest BCUT2D eigenvalue weighted by Gasteiger charge is -2.22. The second-order valence-corrected chi connectivity index (χ2v) is 6.96. The van der Waals surface area contributed by atoms with Crippen molar-refractivity contribution in [1.82, 2.24) is 25.5 Å². The van der Waals surface area contributed by atoms with Gasteiger partial charge in [-0.3, -0.25) is 0 Å². The van der Waals surface area contributed by atoms with E-state index in [-0.39, 0.29) is 0 Å². The highest BCUT2D eigenvalue weighted by atomic mass is 79.9. The summed E-state index contributed by atoms with van der Waals surface area (Å²) in [4.78, 5) is 9.50. The zero-order valence-corrected chi connectivity index (χ0v) is 13.3. The smallest absolute Gasteiger partial charge is 0.282 e. The molecule has 3 aromatic heterocycles. The van der Waals surface area contributed by atoms with E-state index in [1.165, 1.54) is 11.8 Å². The molecule has 0 bridgehead atoms. The first kappa shape index (κ1) is 12.7. The molecule has 0 saturated carbocycles. The van der Waals surface area contributed by atoms with E-state index in [4.69, 9.17) is 4.42 Å². The Morgan fingerprint density at radius 1 is 1.35 bits per heavy atom. The van der Waals surface area contributed by atoms with Crippen LogP contribution in [-0.4, -0.2) is 33.3 Å². The summed E-state index contributed by atoms with van der Waals surface area (Å²) in [6, 6.07) is 0. The number of halogens is 1. The number of hydrogen-bond donors (Lipinski definition) is 1. The van der Waals surface area contributed by atoms with Crippen LogP contribution in [0.4, 0.5) is 0 Å². The first-order valence-corrected chi connectivity index (χ1v) is 8.40. The minimum atomic E-state index is 0.343. The summed E-state index contributed by atoms with van der Waals surface area (Å²) >= 11 is 6.47. The highest BCUT2D eigenvalue weighted by Gasteiger charge is 2.25. The lowest BCUT2D eigenvalue weighted by Crippen LogP contribution is -2.40. The second-order valence-electron chi connectivity index (χ2n) is 4.31. The molecule has 20 heavy (non-hydrogen) atoms. The van der Waals surface area contributed by atoms with Crippen molar-refractivity contribution in [3.05, 3.63) is 22.1 Å². The van der Waals surface area contributed by atoms with Crippen LogP contribution in [0.15, 0.2) is 30.8 Å². The van der Waals surface area contributed by atoms with Gasteiger partial charge in [0.25, 0.3) is 5.22 Å². The van der Waals surface area contributed by atoms with Crippen LogP contribution in [0.3, 0.4) is 0 Å². The molecule has 4 rings (SSSR count). The van der Waals surface area contributed by atoms with Crippen molar-refractivity contribution < 1.29 is 4.42 Å². The molecule has 1 fully saturated rings. The van der Waals surface area contributed by atoms with Crippen LogP contribution in [0.5, 0.6) is 0 Å². The van der Waals surface area contributed by atoms with Gasteiger partial charge >= 0.3 is 0 Å². The molecule has 0 atom stereocenters. The molecule has 0 radical (unpaired) electrons. The van der Waals surface area contributed by atoms with E-state index >= 15 is 0 Å². The van der Waals surface area contributed by atoms with Gasteiger partial charge in [0.15, 0.2) is 0 Å². The van der Waals surface area contributed by atoms with Gasteiger partial charge in [0.05, 0.1) is 11.3 Å². The zero-order chi connectivity index (χ0) is 13.5. The van der Waals surface area contributed by atoms with Gasteiger partial charge in [0.2, 0.25) is 5.89 Å². The summed E-state index contributed by atoms with van der Waals surface area (Å²) in [6.45, 7) is 1.81. The van der Waals surface area contributed by atoms with Crippen LogP contribution < -0.4 is 5.32 Å².